The van der Waals surface area contributed by atoms with Crippen molar-refractivity contribution in [3.05, 3.63) is 40.1 Å². The van der Waals surface area contributed by atoms with Gasteiger partial charge in [-0.15, -0.1) is 0 Å². The van der Waals surface area contributed by atoms with Crippen molar-refractivity contribution in [3.63, 3.8) is 0 Å². The lowest BCUT2D eigenvalue weighted by atomic mass is 9.96. The van der Waals surface area contributed by atoms with Crippen LogP contribution in [0.5, 0.6) is 0 Å². The van der Waals surface area contributed by atoms with E-state index in [1.807, 2.05) is 12.1 Å². The molecular formula is C23H28Cl2N4O3. The van der Waals surface area contributed by atoms with Crippen LogP contribution in [-0.2, 0) is 20.7 Å². The van der Waals surface area contributed by atoms with E-state index < -0.39 is 0 Å². The summed E-state index contributed by atoms with van der Waals surface area (Å²) in [6.45, 7) is 3.74. The molecule has 172 valence electrons. The van der Waals surface area contributed by atoms with Crippen molar-refractivity contribution in [2.45, 2.75) is 25.4 Å². The molecule has 0 spiro atoms. The largest absolute Gasteiger partial charge is 0.381 e. The van der Waals surface area contributed by atoms with E-state index in [4.69, 9.17) is 37.7 Å². The Hall–Kier alpha value is -1.77. The zero-order chi connectivity index (χ0) is 22.5. The summed E-state index contributed by atoms with van der Waals surface area (Å²) in [5.41, 5.74) is 1.87. The maximum absolute atomic E-state index is 12.8. The topological polar surface area (TPSA) is 85.4 Å². The summed E-state index contributed by atoms with van der Waals surface area (Å²) in [5.74, 6) is 1.21. The van der Waals surface area contributed by atoms with Gasteiger partial charge in [0.1, 0.15) is 11.6 Å². The number of ether oxygens (including phenoxy) is 2. The van der Waals surface area contributed by atoms with E-state index in [2.05, 4.69) is 15.6 Å². The van der Waals surface area contributed by atoms with Gasteiger partial charge < -0.3 is 20.1 Å². The molecule has 0 aliphatic carbocycles. The number of methoxy groups -OCH3 is 1. The third-order valence-electron chi connectivity index (χ3n) is 6.16. The minimum absolute atomic E-state index is 0.0913. The molecule has 0 bridgehead atoms. The highest BCUT2D eigenvalue weighted by Crippen LogP contribution is 2.33. The number of halogens is 2. The minimum Gasteiger partial charge on any atom is -0.381 e. The molecule has 0 unspecified atom stereocenters. The summed E-state index contributed by atoms with van der Waals surface area (Å²) in [4.78, 5) is 21.9. The van der Waals surface area contributed by atoms with Gasteiger partial charge in [-0.2, -0.15) is 0 Å². The highest BCUT2D eigenvalue weighted by Gasteiger charge is 2.32. The van der Waals surface area contributed by atoms with Gasteiger partial charge in [-0.3, -0.25) is 9.78 Å². The van der Waals surface area contributed by atoms with Gasteiger partial charge in [0, 0.05) is 63.8 Å². The van der Waals surface area contributed by atoms with Gasteiger partial charge in [0.25, 0.3) is 0 Å². The number of hydrogen-bond acceptors (Lipinski definition) is 7. The molecule has 2 aromatic heterocycles. The van der Waals surface area contributed by atoms with Crippen molar-refractivity contribution in [1.82, 2.24) is 15.3 Å². The van der Waals surface area contributed by atoms with E-state index in [1.54, 1.807) is 19.4 Å². The van der Waals surface area contributed by atoms with Gasteiger partial charge in [0.15, 0.2) is 0 Å². The molecule has 2 N–H and O–H groups in total. The number of aromatic nitrogens is 2. The Bertz CT molecular complexity index is 953. The van der Waals surface area contributed by atoms with E-state index >= 15 is 0 Å². The molecule has 2 aromatic rings. The molecule has 2 fully saturated rings. The molecule has 9 heteroatoms. The molecule has 0 aromatic carbocycles. The van der Waals surface area contributed by atoms with Crippen LogP contribution >= 0.6 is 23.2 Å². The Labute approximate surface area is 198 Å². The number of anilines is 1. The first-order valence-electron chi connectivity index (χ1n) is 10.9. The van der Waals surface area contributed by atoms with Gasteiger partial charge in [-0.05, 0) is 37.0 Å². The van der Waals surface area contributed by atoms with Crippen molar-refractivity contribution in [3.8, 4) is 11.3 Å². The summed E-state index contributed by atoms with van der Waals surface area (Å²) in [6, 6.07) is 5.48. The third-order valence-corrected chi connectivity index (χ3v) is 6.76. The van der Waals surface area contributed by atoms with Gasteiger partial charge in [0.05, 0.1) is 27.8 Å². The lowest BCUT2D eigenvalue weighted by Gasteiger charge is -2.22. The van der Waals surface area contributed by atoms with E-state index in [9.17, 15) is 4.79 Å². The predicted octanol–water partition coefficient (Wildman–Crippen LogP) is 3.63. The van der Waals surface area contributed by atoms with Crippen molar-refractivity contribution in [2.24, 2.45) is 11.8 Å². The number of carbonyl (C=O) groups excluding carboxylic acids is 1. The Morgan fingerprint density at radius 3 is 2.84 bits per heavy atom. The fourth-order valence-electron chi connectivity index (χ4n) is 4.22. The number of rotatable bonds is 8. The quantitative estimate of drug-likeness (QED) is 0.598. The number of Topliss-reactive ketones (excluding diaryl/α,β-unsaturated/α-hetero) is 1. The smallest absolute Gasteiger partial charge is 0.145 e. The third kappa shape index (κ3) is 5.58. The monoisotopic (exact) mass is 478 g/mol. The fraction of sp³-hybridized carbons (Fsp3) is 0.522. The molecule has 4 rings (SSSR count). The number of ketones is 1. The van der Waals surface area contributed by atoms with Gasteiger partial charge in [0.2, 0.25) is 0 Å². The zero-order valence-corrected chi connectivity index (χ0v) is 19.6. The highest BCUT2D eigenvalue weighted by atomic mass is 35.5. The number of nitrogens with zero attached hydrogens (tertiary/aromatic N) is 2. The lowest BCUT2D eigenvalue weighted by molar-refractivity contribution is -0.124. The molecule has 2 aliphatic rings. The first kappa shape index (κ1) is 23.4. The second-order valence-corrected chi connectivity index (χ2v) is 9.12. The Morgan fingerprint density at radius 2 is 2.06 bits per heavy atom. The van der Waals surface area contributed by atoms with Gasteiger partial charge >= 0.3 is 0 Å². The Morgan fingerprint density at radius 1 is 1.25 bits per heavy atom. The van der Waals surface area contributed by atoms with Crippen LogP contribution in [0.25, 0.3) is 11.3 Å². The summed E-state index contributed by atoms with van der Waals surface area (Å²) >= 11 is 12.9. The highest BCUT2D eigenvalue weighted by molar-refractivity contribution is 6.36. The molecule has 0 radical (unpaired) electrons. The second-order valence-electron chi connectivity index (χ2n) is 8.30. The first-order chi connectivity index (χ1) is 15.5. The lowest BCUT2D eigenvalue weighted by Crippen LogP contribution is -2.29. The number of pyridine rings is 2. The Balaban J connectivity index is 1.50. The normalized spacial score (nSPS) is 21.6. The van der Waals surface area contributed by atoms with Crippen molar-refractivity contribution in [2.75, 3.05) is 45.3 Å². The van der Waals surface area contributed by atoms with Crippen molar-refractivity contribution >= 4 is 34.8 Å². The second kappa shape index (κ2) is 10.9. The SMILES string of the molecule is CO[C@H]1CNC[C@@H]1C(=O)Cc1cc(-c2nc(NCC3CCOCC3)ccc2Cl)c(Cl)cn1. The summed E-state index contributed by atoms with van der Waals surface area (Å²) in [5, 5.41) is 7.55. The van der Waals surface area contributed by atoms with Crippen LogP contribution in [0.4, 0.5) is 5.82 Å². The maximum atomic E-state index is 12.8. The standard InChI is InChI=1S/C23H28Cl2N4O3/c1-31-21-13-26-11-17(21)20(30)9-15-8-16(19(25)12-27-15)23-18(24)2-3-22(29-23)28-10-14-4-6-32-7-5-14/h2-3,8,12,14,17,21,26H,4-7,9-11,13H2,1H3,(H,28,29)/t17-,21+/m1/s1. The summed E-state index contributed by atoms with van der Waals surface area (Å²) in [6.07, 6.45) is 3.74. The van der Waals surface area contributed by atoms with Crippen LogP contribution in [0.1, 0.15) is 18.5 Å². The van der Waals surface area contributed by atoms with E-state index in [0.717, 1.165) is 38.4 Å². The molecule has 2 saturated heterocycles. The molecular weight excluding hydrogens is 451 g/mol. The fourth-order valence-corrected chi connectivity index (χ4v) is 4.62. The maximum Gasteiger partial charge on any atom is 0.145 e. The summed E-state index contributed by atoms with van der Waals surface area (Å²) in [7, 11) is 1.63. The van der Waals surface area contributed by atoms with Crippen LogP contribution in [0.2, 0.25) is 10.0 Å². The molecule has 32 heavy (non-hydrogen) atoms. The number of carbonyl (C=O) groups is 1. The molecule has 4 heterocycles. The van der Waals surface area contributed by atoms with Crippen molar-refractivity contribution < 1.29 is 14.3 Å². The van der Waals surface area contributed by atoms with E-state index in [0.29, 0.717) is 46.0 Å². The average Bonchev–Trinajstić information content (AvgIpc) is 3.30. The average molecular weight is 479 g/mol. The zero-order valence-electron chi connectivity index (χ0n) is 18.1. The van der Waals surface area contributed by atoms with Crippen LogP contribution in [0.15, 0.2) is 24.4 Å². The van der Waals surface area contributed by atoms with Crippen LogP contribution in [-0.4, -0.2) is 61.8 Å². The van der Waals surface area contributed by atoms with Crippen molar-refractivity contribution in [1.29, 1.82) is 0 Å². The molecule has 0 amide bonds. The molecule has 0 saturated carbocycles. The van der Waals surface area contributed by atoms with Gasteiger partial charge in [-0.25, -0.2) is 4.98 Å². The van der Waals surface area contributed by atoms with Crippen LogP contribution in [0, 0.1) is 11.8 Å². The predicted molar refractivity (Wildman–Crippen MR) is 125 cm³/mol. The van der Waals surface area contributed by atoms with Crippen LogP contribution < -0.4 is 10.6 Å². The van der Waals surface area contributed by atoms with E-state index in [1.165, 1.54) is 0 Å². The molecule has 7 nitrogen and oxygen atoms in total. The first-order valence-corrected chi connectivity index (χ1v) is 11.7. The van der Waals surface area contributed by atoms with E-state index in [-0.39, 0.29) is 24.2 Å². The summed E-state index contributed by atoms with van der Waals surface area (Å²) < 4.78 is 10.8. The molecule has 2 atom stereocenters. The van der Waals surface area contributed by atoms with Crippen LogP contribution in [0.3, 0.4) is 0 Å². The minimum atomic E-state index is -0.180. The number of hydrogen-bond donors (Lipinski definition) is 2. The molecule has 2 aliphatic heterocycles. The number of nitrogens with one attached hydrogen (secondary N) is 2. The Kier molecular flexibility index (Phi) is 7.97. The van der Waals surface area contributed by atoms with Gasteiger partial charge in [-0.1, -0.05) is 23.2 Å².